The van der Waals surface area contributed by atoms with Crippen molar-refractivity contribution >= 4 is 11.8 Å². The molecule has 1 aliphatic heterocycles. The van der Waals surface area contributed by atoms with E-state index in [9.17, 15) is 9.59 Å². The highest BCUT2D eigenvalue weighted by Gasteiger charge is 2.25. The second kappa shape index (κ2) is 6.78. The van der Waals surface area contributed by atoms with Crippen LogP contribution in [-0.2, 0) is 4.74 Å². The normalized spacial score (nSPS) is 12.6. The Hall–Kier alpha value is -1.72. The Bertz CT molecular complexity index is 367. The third-order valence-corrected chi connectivity index (χ3v) is 2.11. The van der Waals surface area contributed by atoms with Crippen LogP contribution in [0, 0.1) is 0 Å². The van der Waals surface area contributed by atoms with Crippen LogP contribution in [0.15, 0.2) is 24.3 Å². The molecule has 3 N–H and O–H groups in total. The first-order valence-electron chi connectivity index (χ1n) is 5.43. The second-order valence-corrected chi connectivity index (χ2v) is 3.31. The highest BCUT2D eigenvalue weighted by molar-refractivity contribution is 6.21. The quantitative estimate of drug-likeness (QED) is 0.593. The van der Waals surface area contributed by atoms with Gasteiger partial charge in [0.2, 0.25) is 0 Å². The number of carbonyl (C=O) groups is 2. The van der Waals surface area contributed by atoms with E-state index < -0.39 is 0 Å². The summed E-state index contributed by atoms with van der Waals surface area (Å²) >= 11 is 0. The van der Waals surface area contributed by atoms with Crippen molar-refractivity contribution in [3.8, 4) is 0 Å². The van der Waals surface area contributed by atoms with Crippen molar-refractivity contribution in [2.75, 3.05) is 19.8 Å². The summed E-state index contributed by atoms with van der Waals surface area (Å²) in [5.41, 5.74) is 6.03. The number of benzene rings is 1. The molecule has 0 bridgehead atoms. The molecule has 0 radical (unpaired) electrons. The van der Waals surface area contributed by atoms with Crippen molar-refractivity contribution < 1.29 is 14.3 Å². The van der Waals surface area contributed by atoms with Gasteiger partial charge in [0.1, 0.15) is 0 Å². The number of amides is 2. The molecule has 17 heavy (non-hydrogen) atoms. The molecule has 0 saturated heterocycles. The van der Waals surface area contributed by atoms with Gasteiger partial charge in [0.05, 0.1) is 17.7 Å². The van der Waals surface area contributed by atoms with Crippen LogP contribution in [-0.4, -0.2) is 31.6 Å². The standard InChI is InChI=1S/C8H5NO2.C4H11NO/c10-7-5-3-1-2-4-6(5)8(11)9-7;1-2-6-4-3-5/h1-4H,(H,9,10,11);2-5H2,1H3. The van der Waals surface area contributed by atoms with Crippen molar-refractivity contribution in [3.63, 3.8) is 0 Å². The Kier molecular flexibility index (Phi) is 5.32. The monoisotopic (exact) mass is 236 g/mol. The van der Waals surface area contributed by atoms with E-state index in [-0.39, 0.29) is 11.8 Å². The maximum atomic E-state index is 10.9. The Morgan fingerprint density at radius 3 is 2.06 bits per heavy atom. The van der Waals surface area contributed by atoms with Crippen molar-refractivity contribution in [2.45, 2.75) is 6.92 Å². The van der Waals surface area contributed by atoms with E-state index in [1.54, 1.807) is 24.3 Å². The third kappa shape index (κ3) is 3.65. The highest BCUT2D eigenvalue weighted by atomic mass is 16.5. The number of hydrogen-bond donors (Lipinski definition) is 2. The van der Waals surface area contributed by atoms with E-state index in [1.807, 2.05) is 6.92 Å². The van der Waals surface area contributed by atoms with Gasteiger partial charge in [-0.1, -0.05) is 12.1 Å². The van der Waals surface area contributed by atoms with Gasteiger partial charge in [-0.3, -0.25) is 14.9 Å². The van der Waals surface area contributed by atoms with Gasteiger partial charge in [-0.2, -0.15) is 0 Å². The largest absolute Gasteiger partial charge is 0.380 e. The Morgan fingerprint density at radius 1 is 1.18 bits per heavy atom. The predicted molar refractivity (Wildman–Crippen MR) is 63.8 cm³/mol. The summed E-state index contributed by atoms with van der Waals surface area (Å²) in [6, 6.07) is 6.74. The summed E-state index contributed by atoms with van der Waals surface area (Å²) < 4.78 is 4.86. The number of rotatable bonds is 3. The maximum absolute atomic E-state index is 10.9. The van der Waals surface area contributed by atoms with Crippen molar-refractivity contribution in [1.29, 1.82) is 0 Å². The topological polar surface area (TPSA) is 81.4 Å². The average molecular weight is 236 g/mol. The Morgan fingerprint density at radius 2 is 1.71 bits per heavy atom. The molecule has 2 rings (SSSR count). The van der Waals surface area contributed by atoms with E-state index in [0.717, 1.165) is 6.61 Å². The Balaban J connectivity index is 0.000000209. The lowest BCUT2D eigenvalue weighted by Crippen LogP contribution is -2.19. The van der Waals surface area contributed by atoms with E-state index in [2.05, 4.69) is 5.32 Å². The van der Waals surface area contributed by atoms with Crippen LogP contribution in [0.3, 0.4) is 0 Å². The summed E-state index contributed by atoms with van der Waals surface area (Å²) in [7, 11) is 0. The van der Waals surface area contributed by atoms with Crippen molar-refractivity contribution in [2.24, 2.45) is 5.73 Å². The van der Waals surface area contributed by atoms with E-state index in [0.29, 0.717) is 24.3 Å². The summed E-state index contributed by atoms with van der Waals surface area (Å²) in [5, 5.41) is 2.20. The van der Waals surface area contributed by atoms with Crippen LogP contribution in [0.25, 0.3) is 0 Å². The Labute approximate surface area is 99.9 Å². The summed E-state index contributed by atoms with van der Waals surface area (Å²) in [6.07, 6.45) is 0. The molecule has 0 aromatic heterocycles. The van der Waals surface area contributed by atoms with Gasteiger partial charge in [0.25, 0.3) is 11.8 Å². The van der Waals surface area contributed by atoms with Crippen LogP contribution < -0.4 is 11.1 Å². The molecule has 2 amide bonds. The molecular weight excluding hydrogens is 220 g/mol. The molecule has 1 heterocycles. The van der Waals surface area contributed by atoms with Gasteiger partial charge in [0, 0.05) is 13.2 Å². The lowest BCUT2D eigenvalue weighted by molar-refractivity contribution is 0.0879. The summed E-state index contributed by atoms with van der Waals surface area (Å²) in [5.74, 6) is -0.601. The van der Waals surface area contributed by atoms with Gasteiger partial charge < -0.3 is 10.5 Å². The number of imide groups is 1. The number of ether oxygens (including phenoxy) is 1. The fraction of sp³-hybridized carbons (Fsp3) is 0.333. The highest BCUT2D eigenvalue weighted by Crippen LogP contribution is 2.13. The molecule has 5 heteroatoms. The first kappa shape index (κ1) is 13.3. The zero-order valence-corrected chi connectivity index (χ0v) is 9.73. The lowest BCUT2D eigenvalue weighted by atomic mass is 10.1. The molecule has 0 spiro atoms. The first-order valence-corrected chi connectivity index (χ1v) is 5.43. The van der Waals surface area contributed by atoms with Crippen LogP contribution >= 0.6 is 0 Å². The smallest absolute Gasteiger partial charge is 0.258 e. The molecule has 0 atom stereocenters. The molecule has 0 unspecified atom stereocenters. The molecule has 0 saturated carbocycles. The molecular formula is C12H16N2O3. The molecule has 92 valence electrons. The number of carbonyl (C=O) groups excluding carboxylic acids is 2. The molecule has 1 aromatic rings. The zero-order chi connectivity index (χ0) is 12.7. The maximum Gasteiger partial charge on any atom is 0.258 e. The van der Waals surface area contributed by atoms with Crippen LogP contribution in [0.4, 0.5) is 0 Å². The number of hydrogen-bond acceptors (Lipinski definition) is 4. The van der Waals surface area contributed by atoms with Crippen molar-refractivity contribution in [1.82, 2.24) is 5.32 Å². The third-order valence-electron chi connectivity index (χ3n) is 2.11. The second-order valence-electron chi connectivity index (χ2n) is 3.31. The summed E-state index contributed by atoms with van der Waals surface area (Å²) in [6.45, 7) is 4.05. The fourth-order valence-electron chi connectivity index (χ4n) is 1.34. The number of nitrogens with two attached hydrogens (primary N) is 1. The van der Waals surface area contributed by atoms with E-state index >= 15 is 0 Å². The minimum absolute atomic E-state index is 0.300. The minimum Gasteiger partial charge on any atom is -0.380 e. The SMILES string of the molecule is CCOCCN.O=C1NC(=O)c2ccccc21. The number of fused-ring (bicyclic) bond motifs is 1. The fourth-order valence-corrected chi connectivity index (χ4v) is 1.34. The average Bonchev–Trinajstić information content (AvgIpc) is 2.64. The minimum atomic E-state index is -0.300. The van der Waals surface area contributed by atoms with Crippen molar-refractivity contribution in [3.05, 3.63) is 35.4 Å². The summed E-state index contributed by atoms with van der Waals surface area (Å²) in [4.78, 5) is 21.9. The number of nitrogens with one attached hydrogen (secondary N) is 1. The predicted octanol–water partition coefficient (Wildman–Crippen LogP) is 0.552. The van der Waals surface area contributed by atoms with Crippen LogP contribution in [0.2, 0.25) is 0 Å². The van der Waals surface area contributed by atoms with Gasteiger partial charge in [-0.05, 0) is 19.1 Å². The lowest BCUT2D eigenvalue weighted by Gasteiger charge is -1.91. The van der Waals surface area contributed by atoms with Crippen LogP contribution in [0.5, 0.6) is 0 Å². The van der Waals surface area contributed by atoms with Gasteiger partial charge in [0.15, 0.2) is 0 Å². The van der Waals surface area contributed by atoms with Gasteiger partial charge >= 0.3 is 0 Å². The van der Waals surface area contributed by atoms with E-state index in [4.69, 9.17) is 10.5 Å². The molecule has 0 aliphatic carbocycles. The molecule has 0 fully saturated rings. The van der Waals surface area contributed by atoms with E-state index in [1.165, 1.54) is 0 Å². The molecule has 5 nitrogen and oxygen atoms in total. The zero-order valence-electron chi connectivity index (χ0n) is 9.73. The van der Waals surface area contributed by atoms with Gasteiger partial charge in [-0.15, -0.1) is 0 Å². The first-order chi connectivity index (χ1) is 8.20. The molecule has 1 aromatic carbocycles. The van der Waals surface area contributed by atoms with Gasteiger partial charge in [-0.25, -0.2) is 0 Å². The molecule has 1 aliphatic rings. The van der Waals surface area contributed by atoms with Crippen LogP contribution in [0.1, 0.15) is 27.6 Å².